The first-order chi connectivity index (χ1) is 9.45. The molecule has 2 aromatic carbocycles. The van der Waals surface area contributed by atoms with Crippen LogP contribution in [0.4, 0.5) is 0 Å². The molecule has 0 amide bonds. The maximum absolute atomic E-state index is 4.10. The van der Waals surface area contributed by atoms with Crippen molar-refractivity contribution in [2.45, 2.75) is 0 Å². The van der Waals surface area contributed by atoms with E-state index in [0.29, 0.717) is 0 Å². The molecule has 0 unspecified atom stereocenters. The van der Waals surface area contributed by atoms with Gasteiger partial charge < -0.3 is 0 Å². The van der Waals surface area contributed by atoms with Crippen molar-refractivity contribution in [2.75, 3.05) is 0 Å². The highest BCUT2D eigenvalue weighted by molar-refractivity contribution is 5.56. The molecule has 3 rings (SSSR count). The molecular formula is C18H14N. The molecule has 0 bridgehead atoms. The molecule has 0 saturated carbocycles. The molecule has 1 heterocycles. The second kappa shape index (κ2) is 5.49. The number of rotatable bonds is 3. The predicted octanol–water partition coefficient (Wildman–Crippen LogP) is 4.10. The van der Waals surface area contributed by atoms with Crippen LogP contribution in [0.5, 0.6) is 0 Å². The summed E-state index contributed by atoms with van der Waals surface area (Å²) in [6.45, 7) is 0. The van der Waals surface area contributed by atoms with E-state index in [9.17, 15) is 0 Å². The van der Waals surface area contributed by atoms with Crippen LogP contribution >= 0.6 is 0 Å². The lowest BCUT2D eigenvalue weighted by Crippen LogP contribution is -2.04. The Labute approximate surface area is 113 Å². The molecule has 0 fully saturated rings. The minimum Gasteiger partial charge on any atom is -0.265 e. The van der Waals surface area contributed by atoms with E-state index in [4.69, 9.17) is 0 Å². The Balaban J connectivity index is 2.12. The number of pyridine rings is 1. The number of nitrogens with zero attached hydrogens (tertiary/aromatic N) is 1. The van der Waals surface area contributed by atoms with Crippen LogP contribution in [-0.4, -0.2) is 4.98 Å². The van der Waals surface area contributed by atoms with E-state index in [1.165, 1.54) is 22.6 Å². The van der Waals surface area contributed by atoms with E-state index < -0.39 is 0 Å². The molecule has 0 spiro atoms. The smallest absolute Gasteiger partial charge is 0.0630 e. The van der Waals surface area contributed by atoms with Crippen molar-refractivity contribution in [1.82, 2.24) is 4.98 Å². The van der Waals surface area contributed by atoms with Crippen molar-refractivity contribution in [3.05, 3.63) is 108 Å². The zero-order valence-electron chi connectivity index (χ0n) is 10.5. The van der Waals surface area contributed by atoms with Gasteiger partial charge in [0.25, 0.3) is 0 Å². The first kappa shape index (κ1) is 11.7. The van der Waals surface area contributed by atoms with Crippen LogP contribution in [0.2, 0.25) is 0 Å². The number of hydrogen-bond acceptors (Lipinski definition) is 1. The van der Waals surface area contributed by atoms with Crippen LogP contribution in [0.15, 0.2) is 85.2 Å². The fourth-order valence-electron chi connectivity index (χ4n) is 2.23. The third-order valence-electron chi connectivity index (χ3n) is 3.09. The molecular weight excluding hydrogens is 230 g/mol. The lowest BCUT2D eigenvalue weighted by atomic mass is 9.86. The second-order valence-electron chi connectivity index (χ2n) is 4.34. The van der Waals surface area contributed by atoms with Gasteiger partial charge >= 0.3 is 0 Å². The van der Waals surface area contributed by atoms with Gasteiger partial charge in [0.05, 0.1) is 5.92 Å². The van der Waals surface area contributed by atoms with Crippen LogP contribution in [0, 0.1) is 5.92 Å². The summed E-state index contributed by atoms with van der Waals surface area (Å²) in [4.78, 5) is 4.10. The standard InChI is InChI=1S/C18H14N/c1-3-7-15(8-4-1)18(16-9-5-2-6-10-16)17-11-13-19-14-12-17/h1-14H. The highest BCUT2D eigenvalue weighted by Crippen LogP contribution is 2.29. The second-order valence-corrected chi connectivity index (χ2v) is 4.34. The predicted molar refractivity (Wildman–Crippen MR) is 77.7 cm³/mol. The summed E-state index contributed by atoms with van der Waals surface area (Å²) in [7, 11) is 0. The molecule has 0 aliphatic carbocycles. The zero-order chi connectivity index (χ0) is 12.9. The highest BCUT2D eigenvalue weighted by atomic mass is 14.6. The van der Waals surface area contributed by atoms with E-state index in [-0.39, 0.29) is 0 Å². The van der Waals surface area contributed by atoms with Crippen molar-refractivity contribution in [3.63, 3.8) is 0 Å². The minimum absolute atomic E-state index is 1.19. The Morgan fingerprint density at radius 1 is 0.526 bits per heavy atom. The molecule has 0 aliphatic rings. The molecule has 1 nitrogen and oxygen atoms in total. The molecule has 0 N–H and O–H groups in total. The maximum Gasteiger partial charge on any atom is 0.0630 e. The Morgan fingerprint density at radius 2 is 0.947 bits per heavy atom. The molecule has 91 valence electrons. The summed E-state index contributed by atoms with van der Waals surface area (Å²) >= 11 is 0. The zero-order valence-corrected chi connectivity index (χ0v) is 10.5. The lowest BCUT2D eigenvalue weighted by molar-refractivity contribution is 1.20. The molecule has 1 heteroatoms. The quantitative estimate of drug-likeness (QED) is 0.676. The minimum atomic E-state index is 1.19. The van der Waals surface area contributed by atoms with Gasteiger partial charge in [-0.3, -0.25) is 4.98 Å². The summed E-state index contributed by atoms with van der Waals surface area (Å²) in [5.74, 6) is 1.24. The third kappa shape index (κ3) is 2.55. The van der Waals surface area contributed by atoms with Gasteiger partial charge in [-0.15, -0.1) is 0 Å². The largest absolute Gasteiger partial charge is 0.265 e. The van der Waals surface area contributed by atoms with Crippen LogP contribution in [-0.2, 0) is 0 Å². The van der Waals surface area contributed by atoms with Gasteiger partial charge in [0.2, 0.25) is 0 Å². The number of aromatic nitrogens is 1. The average molecular weight is 244 g/mol. The van der Waals surface area contributed by atoms with Gasteiger partial charge in [-0.1, -0.05) is 60.7 Å². The number of benzene rings is 2. The average Bonchev–Trinajstić information content (AvgIpc) is 2.51. The SMILES string of the molecule is c1ccc([C](c2ccccc2)c2ccncc2)cc1. The van der Waals surface area contributed by atoms with E-state index >= 15 is 0 Å². The lowest BCUT2D eigenvalue weighted by Gasteiger charge is -2.17. The summed E-state index contributed by atoms with van der Waals surface area (Å²) in [5.41, 5.74) is 3.63. The van der Waals surface area contributed by atoms with Crippen molar-refractivity contribution in [1.29, 1.82) is 0 Å². The first-order valence-corrected chi connectivity index (χ1v) is 6.33. The summed E-state index contributed by atoms with van der Waals surface area (Å²) < 4.78 is 0. The Hall–Kier alpha value is -2.41. The van der Waals surface area contributed by atoms with Crippen molar-refractivity contribution < 1.29 is 0 Å². The third-order valence-corrected chi connectivity index (χ3v) is 3.09. The molecule has 3 aromatic rings. The van der Waals surface area contributed by atoms with Gasteiger partial charge in [0, 0.05) is 12.4 Å². The fraction of sp³-hybridized carbons (Fsp3) is 0. The van der Waals surface area contributed by atoms with Crippen molar-refractivity contribution >= 4 is 0 Å². The monoisotopic (exact) mass is 244 g/mol. The van der Waals surface area contributed by atoms with E-state index in [0.717, 1.165) is 0 Å². The van der Waals surface area contributed by atoms with E-state index in [2.05, 4.69) is 65.6 Å². The topological polar surface area (TPSA) is 12.9 Å². The number of hydrogen-bond donors (Lipinski definition) is 0. The Kier molecular flexibility index (Phi) is 3.37. The van der Waals surface area contributed by atoms with Gasteiger partial charge in [-0.05, 0) is 28.8 Å². The van der Waals surface area contributed by atoms with Crippen LogP contribution in [0.25, 0.3) is 0 Å². The van der Waals surface area contributed by atoms with Crippen molar-refractivity contribution in [3.8, 4) is 0 Å². The normalized spacial score (nSPS) is 10.6. The molecule has 19 heavy (non-hydrogen) atoms. The highest BCUT2D eigenvalue weighted by Gasteiger charge is 2.16. The Bertz CT molecular complexity index is 524. The summed E-state index contributed by atoms with van der Waals surface area (Å²) in [5, 5.41) is 0. The van der Waals surface area contributed by atoms with Gasteiger partial charge in [-0.2, -0.15) is 0 Å². The molecule has 0 aliphatic heterocycles. The van der Waals surface area contributed by atoms with Crippen LogP contribution in [0.3, 0.4) is 0 Å². The van der Waals surface area contributed by atoms with E-state index in [1.54, 1.807) is 0 Å². The van der Waals surface area contributed by atoms with E-state index in [1.807, 2.05) is 24.5 Å². The van der Waals surface area contributed by atoms with Gasteiger partial charge in [-0.25, -0.2) is 0 Å². The maximum atomic E-state index is 4.10. The van der Waals surface area contributed by atoms with Gasteiger partial charge in [0.15, 0.2) is 0 Å². The summed E-state index contributed by atoms with van der Waals surface area (Å²) in [6.07, 6.45) is 3.67. The molecule has 1 radical (unpaired) electrons. The first-order valence-electron chi connectivity index (χ1n) is 6.33. The fourth-order valence-corrected chi connectivity index (χ4v) is 2.23. The van der Waals surface area contributed by atoms with Crippen LogP contribution < -0.4 is 0 Å². The van der Waals surface area contributed by atoms with Gasteiger partial charge in [0.1, 0.15) is 0 Å². The molecule has 1 aromatic heterocycles. The summed E-state index contributed by atoms with van der Waals surface area (Å²) in [6, 6.07) is 25.0. The van der Waals surface area contributed by atoms with Crippen LogP contribution in [0.1, 0.15) is 16.7 Å². The molecule has 0 atom stereocenters. The molecule has 0 saturated heterocycles. The van der Waals surface area contributed by atoms with Crippen molar-refractivity contribution in [2.24, 2.45) is 0 Å². The Morgan fingerprint density at radius 3 is 1.42 bits per heavy atom.